The average Bonchev–Trinajstić information content (AvgIpc) is 3.30. The molecule has 0 saturated carbocycles. The minimum atomic E-state index is -0.753. The molecule has 0 aromatic carbocycles. The molecule has 9 heteroatoms. The predicted molar refractivity (Wildman–Crippen MR) is 84.6 cm³/mol. The van der Waals surface area contributed by atoms with Gasteiger partial charge in [-0.2, -0.15) is 4.39 Å². The third-order valence-corrected chi connectivity index (χ3v) is 5.61. The Morgan fingerprint density at radius 3 is 3.08 bits per heavy atom. The van der Waals surface area contributed by atoms with Gasteiger partial charge in [-0.15, -0.1) is 0 Å². The lowest BCUT2D eigenvalue weighted by Crippen LogP contribution is -2.48. The fraction of sp³-hybridized carbons (Fsp3) is 0.438. The van der Waals surface area contributed by atoms with E-state index in [2.05, 4.69) is 4.98 Å². The number of hydrogen-bond acceptors (Lipinski definition) is 4. The van der Waals surface area contributed by atoms with Crippen molar-refractivity contribution in [1.82, 2.24) is 19.2 Å². The summed E-state index contributed by atoms with van der Waals surface area (Å²) in [7, 11) is 0. The summed E-state index contributed by atoms with van der Waals surface area (Å²) in [4.78, 5) is 32.5. The number of rotatable bonds is 1. The fourth-order valence-corrected chi connectivity index (χ4v) is 4.46. The highest BCUT2D eigenvalue weighted by molar-refractivity contribution is 6.30. The number of hydrogen-bond donors (Lipinski definition) is 0. The molecule has 130 valence electrons. The molecule has 2 atom stereocenters. The molecule has 0 radical (unpaired) electrons. The van der Waals surface area contributed by atoms with Crippen molar-refractivity contribution < 1.29 is 18.7 Å². The number of aromatic nitrogens is 2. The first-order valence-electron chi connectivity index (χ1n) is 8.10. The van der Waals surface area contributed by atoms with E-state index < -0.39 is 23.6 Å². The number of imidazole rings is 1. The molecule has 2 amide bonds. The van der Waals surface area contributed by atoms with Crippen molar-refractivity contribution in [3.63, 3.8) is 0 Å². The van der Waals surface area contributed by atoms with Crippen LogP contribution in [0.2, 0.25) is 5.02 Å². The average molecular weight is 365 g/mol. The quantitative estimate of drug-likeness (QED) is 0.765. The monoisotopic (exact) mass is 364 g/mol. The summed E-state index contributed by atoms with van der Waals surface area (Å²) in [5, 5.41) is 0.347. The van der Waals surface area contributed by atoms with Gasteiger partial charge in [0.05, 0.1) is 24.1 Å². The van der Waals surface area contributed by atoms with Crippen molar-refractivity contribution in [2.45, 2.75) is 24.6 Å². The summed E-state index contributed by atoms with van der Waals surface area (Å²) in [6.45, 7) is 1.41. The van der Waals surface area contributed by atoms with Crippen molar-refractivity contribution in [2.24, 2.45) is 0 Å². The van der Waals surface area contributed by atoms with E-state index in [0.717, 1.165) is 4.40 Å². The van der Waals surface area contributed by atoms with Gasteiger partial charge in [0.2, 0.25) is 11.9 Å². The molecule has 25 heavy (non-hydrogen) atoms. The van der Waals surface area contributed by atoms with Gasteiger partial charge in [0, 0.05) is 25.7 Å². The first-order valence-corrected chi connectivity index (χ1v) is 8.47. The molecule has 0 unspecified atom stereocenters. The minimum Gasteiger partial charge on any atom is -0.351 e. The molecular formula is C16H14ClFN4O3. The zero-order chi connectivity index (χ0) is 17.3. The van der Waals surface area contributed by atoms with Crippen molar-refractivity contribution in [3.05, 3.63) is 35.0 Å². The number of halogens is 2. The minimum absolute atomic E-state index is 0.0257. The molecule has 3 saturated heterocycles. The van der Waals surface area contributed by atoms with Crippen molar-refractivity contribution in [3.8, 4) is 0 Å². The van der Waals surface area contributed by atoms with Crippen LogP contribution in [0.25, 0.3) is 5.65 Å². The second-order valence-corrected chi connectivity index (χ2v) is 6.97. The molecule has 0 aliphatic carbocycles. The van der Waals surface area contributed by atoms with Crippen LogP contribution in [0.5, 0.6) is 0 Å². The number of pyridine rings is 1. The number of ether oxygens (including phenoxy) is 1. The van der Waals surface area contributed by atoms with Gasteiger partial charge in [-0.3, -0.25) is 14.0 Å². The lowest BCUT2D eigenvalue weighted by molar-refractivity contribution is -0.136. The van der Waals surface area contributed by atoms with Crippen LogP contribution in [0.15, 0.2) is 18.3 Å². The van der Waals surface area contributed by atoms with E-state index in [1.165, 1.54) is 11.1 Å². The van der Waals surface area contributed by atoms with Crippen LogP contribution in [-0.4, -0.2) is 62.5 Å². The van der Waals surface area contributed by atoms with E-state index in [4.69, 9.17) is 16.3 Å². The zero-order valence-electron chi connectivity index (χ0n) is 13.1. The number of amides is 2. The third kappa shape index (κ3) is 1.86. The molecule has 3 aliphatic heterocycles. The first kappa shape index (κ1) is 15.1. The van der Waals surface area contributed by atoms with Gasteiger partial charge in [0.1, 0.15) is 5.65 Å². The molecule has 5 heterocycles. The second kappa shape index (κ2) is 4.92. The Kier molecular flexibility index (Phi) is 2.97. The van der Waals surface area contributed by atoms with E-state index in [1.54, 1.807) is 17.0 Å². The lowest BCUT2D eigenvalue weighted by atomic mass is 10.1. The summed E-state index contributed by atoms with van der Waals surface area (Å²) >= 11 is 5.89. The maximum absolute atomic E-state index is 14.7. The molecule has 0 N–H and O–H groups in total. The Morgan fingerprint density at radius 2 is 2.24 bits per heavy atom. The zero-order valence-corrected chi connectivity index (χ0v) is 13.9. The topological polar surface area (TPSA) is 67.2 Å². The first-order chi connectivity index (χ1) is 12.0. The second-order valence-electron chi connectivity index (χ2n) is 6.53. The highest BCUT2D eigenvalue weighted by Gasteiger charge is 2.63. The van der Waals surface area contributed by atoms with E-state index >= 15 is 0 Å². The number of carbonyl (C=O) groups is 2. The molecule has 1 spiro atoms. The van der Waals surface area contributed by atoms with Crippen molar-refractivity contribution >= 4 is 29.1 Å². The molecular weight excluding hydrogens is 351 g/mol. The van der Waals surface area contributed by atoms with Crippen LogP contribution in [0.1, 0.15) is 23.3 Å². The molecule has 0 bridgehead atoms. The molecule has 5 rings (SSSR count). The summed E-state index contributed by atoms with van der Waals surface area (Å²) in [6, 6.07) is 2.74. The van der Waals surface area contributed by atoms with E-state index in [9.17, 15) is 14.0 Å². The molecule has 2 aromatic heterocycles. The van der Waals surface area contributed by atoms with Gasteiger partial charge in [-0.25, -0.2) is 4.98 Å². The Balaban J connectivity index is 1.53. The smallest absolute Gasteiger partial charge is 0.277 e. The van der Waals surface area contributed by atoms with Crippen molar-refractivity contribution in [2.75, 3.05) is 19.7 Å². The maximum Gasteiger partial charge on any atom is 0.277 e. The van der Waals surface area contributed by atoms with Crippen LogP contribution >= 0.6 is 11.6 Å². The molecule has 3 aliphatic rings. The van der Waals surface area contributed by atoms with Crippen LogP contribution in [-0.2, 0) is 9.53 Å². The van der Waals surface area contributed by atoms with Crippen LogP contribution in [0, 0.1) is 5.95 Å². The largest absolute Gasteiger partial charge is 0.351 e. The Labute approximate surface area is 146 Å². The van der Waals surface area contributed by atoms with Crippen molar-refractivity contribution in [1.29, 1.82) is 0 Å². The standard InChI is InChI=1S/C16H14ClFN4O3/c17-9-1-2-11-19-13(14(18)21(11)8-9)15(24)20-4-3-16-10(20)7-12(23)22(16)5-6-25-16/h1-2,8,10H,3-7H2/t10-,16+/m1/s1. The van der Waals surface area contributed by atoms with Gasteiger partial charge in [0.15, 0.2) is 11.4 Å². The summed E-state index contributed by atoms with van der Waals surface area (Å²) in [6.07, 6.45) is 2.12. The van der Waals surface area contributed by atoms with Gasteiger partial charge >= 0.3 is 0 Å². The van der Waals surface area contributed by atoms with E-state index in [1.807, 2.05) is 0 Å². The van der Waals surface area contributed by atoms with Crippen LogP contribution < -0.4 is 0 Å². The lowest BCUT2D eigenvalue weighted by Gasteiger charge is -2.31. The predicted octanol–water partition coefficient (Wildman–Crippen LogP) is 1.30. The number of carbonyl (C=O) groups excluding carboxylic acids is 2. The van der Waals surface area contributed by atoms with Crippen LogP contribution in [0.3, 0.4) is 0 Å². The molecule has 2 aromatic rings. The van der Waals surface area contributed by atoms with E-state index in [-0.39, 0.29) is 18.0 Å². The summed E-state index contributed by atoms with van der Waals surface area (Å²) < 4.78 is 21.7. The SMILES string of the molecule is O=C(c1nc2ccc(Cl)cn2c1F)N1CC[C@@]23OCCN2C(=O)C[C@@H]13. The van der Waals surface area contributed by atoms with Gasteiger partial charge in [-0.05, 0) is 12.1 Å². The van der Waals surface area contributed by atoms with Gasteiger partial charge < -0.3 is 14.5 Å². The Morgan fingerprint density at radius 1 is 1.40 bits per heavy atom. The Hall–Kier alpha value is -2.19. The molecule has 3 fully saturated rings. The number of fused-ring (bicyclic) bond motifs is 1. The van der Waals surface area contributed by atoms with Gasteiger partial charge in [-0.1, -0.05) is 11.6 Å². The Bertz CT molecular complexity index is 931. The van der Waals surface area contributed by atoms with Gasteiger partial charge in [0.25, 0.3) is 5.91 Å². The number of likely N-dealkylation sites (tertiary alicyclic amines) is 1. The summed E-state index contributed by atoms with van der Waals surface area (Å²) in [5.41, 5.74) is -0.699. The highest BCUT2D eigenvalue weighted by Crippen LogP contribution is 2.45. The highest BCUT2D eigenvalue weighted by atomic mass is 35.5. The fourth-order valence-electron chi connectivity index (χ4n) is 4.30. The maximum atomic E-state index is 14.7. The van der Waals surface area contributed by atoms with Crippen LogP contribution in [0.4, 0.5) is 4.39 Å². The normalized spacial score (nSPS) is 28.1. The third-order valence-electron chi connectivity index (χ3n) is 5.39. The molecule has 7 nitrogen and oxygen atoms in total. The summed E-state index contributed by atoms with van der Waals surface area (Å²) in [5.74, 6) is -1.30. The van der Waals surface area contributed by atoms with E-state index in [0.29, 0.717) is 36.8 Å². The number of nitrogens with zero attached hydrogens (tertiary/aromatic N) is 4.